The van der Waals surface area contributed by atoms with E-state index in [0.717, 1.165) is 12.8 Å². The van der Waals surface area contributed by atoms with Crippen LogP contribution in [0, 0.1) is 11.3 Å². The summed E-state index contributed by atoms with van der Waals surface area (Å²) in [5.74, 6) is 0.341. The Labute approximate surface area is 157 Å². The number of fused-ring (bicyclic) bond motifs is 1. The summed E-state index contributed by atoms with van der Waals surface area (Å²) in [5.41, 5.74) is 3.00. The van der Waals surface area contributed by atoms with Gasteiger partial charge in [0.2, 0.25) is 0 Å². The zero-order valence-corrected chi connectivity index (χ0v) is 16.9. The van der Waals surface area contributed by atoms with Crippen LogP contribution < -0.4 is 0 Å². The third-order valence-electron chi connectivity index (χ3n) is 7.23. The highest BCUT2D eigenvalue weighted by atomic mass is 16.7. The van der Waals surface area contributed by atoms with Gasteiger partial charge < -0.3 is 24.8 Å². The number of ether oxygens (including phenoxy) is 2. The first kappa shape index (κ1) is 20.3. The smallest absolute Gasteiger partial charge is 0.187 e. The van der Waals surface area contributed by atoms with Gasteiger partial charge in [-0.3, -0.25) is 0 Å². The second-order valence-corrected chi connectivity index (χ2v) is 9.52. The standard InChI is InChI=1S/C21H36O5/c1-12-7-6-9-21(5)10-8-14(11-15(12)21)20(3,4)26-19-18(24)17(23)16(22)13(2)25-19/h13-14,16-19,22-24H,6-11H2,1-5H3. The summed E-state index contributed by atoms with van der Waals surface area (Å²) in [6, 6.07) is 0. The molecule has 3 N–H and O–H groups in total. The predicted octanol–water partition coefficient (Wildman–Crippen LogP) is 2.92. The summed E-state index contributed by atoms with van der Waals surface area (Å²) in [4.78, 5) is 0. The molecule has 26 heavy (non-hydrogen) atoms. The SMILES string of the molecule is CC1=C2CC(C(C)(C)OC3OC(C)C(O)C(O)C3O)CCC2(C)CCC1. The molecule has 0 aromatic carbocycles. The van der Waals surface area contributed by atoms with Gasteiger partial charge in [-0.15, -0.1) is 0 Å². The molecule has 1 saturated carbocycles. The summed E-state index contributed by atoms with van der Waals surface area (Å²) in [5, 5.41) is 30.2. The van der Waals surface area contributed by atoms with Crippen LogP contribution in [0.15, 0.2) is 11.1 Å². The van der Waals surface area contributed by atoms with Crippen LogP contribution in [0.5, 0.6) is 0 Å². The number of allylic oxidation sites excluding steroid dienone is 2. The van der Waals surface area contributed by atoms with E-state index in [9.17, 15) is 15.3 Å². The van der Waals surface area contributed by atoms with Gasteiger partial charge >= 0.3 is 0 Å². The van der Waals surface area contributed by atoms with Crippen molar-refractivity contribution in [1.82, 2.24) is 0 Å². The lowest BCUT2D eigenvalue weighted by Crippen LogP contribution is -2.59. The fourth-order valence-electron chi connectivity index (χ4n) is 5.20. The second-order valence-electron chi connectivity index (χ2n) is 9.52. The van der Waals surface area contributed by atoms with Crippen LogP contribution >= 0.6 is 0 Å². The van der Waals surface area contributed by atoms with Crippen LogP contribution in [-0.2, 0) is 9.47 Å². The van der Waals surface area contributed by atoms with Crippen molar-refractivity contribution in [2.24, 2.45) is 11.3 Å². The number of aliphatic hydroxyl groups is 3. The predicted molar refractivity (Wildman–Crippen MR) is 99.5 cm³/mol. The van der Waals surface area contributed by atoms with E-state index < -0.39 is 36.3 Å². The van der Waals surface area contributed by atoms with Gasteiger partial charge in [0.05, 0.1) is 11.7 Å². The molecule has 5 nitrogen and oxygen atoms in total. The monoisotopic (exact) mass is 368 g/mol. The first-order valence-electron chi connectivity index (χ1n) is 10.1. The van der Waals surface area contributed by atoms with Crippen molar-refractivity contribution in [1.29, 1.82) is 0 Å². The molecular weight excluding hydrogens is 332 g/mol. The minimum Gasteiger partial charge on any atom is -0.388 e. The molecule has 5 heteroatoms. The molecule has 3 rings (SSSR count). The lowest BCUT2D eigenvalue weighted by atomic mass is 9.59. The first-order valence-corrected chi connectivity index (χ1v) is 10.1. The molecule has 0 spiro atoms. The molecule has 2 fully saturated rings. The van der Waals surface area contributed by atoms with Gasteiger partial charge in [0.1, 0.15) is 18.3 Å². The van der Waals surface area contributed by atoms with Crippen molar-refractivity contribution >= 4 is 0 Å². The molecule has 0 aromatic heterocycles. The Morgan fingerprint density at radius 1 is 1.12 bits per heavy atom. The Morgan fingerprint density at radius 2 is 1.81 bits per heavy atom. The fraction of sp³-hybridized carbons (Fsp3) is 0.905. The Morgan fingerprint density at radius 3 is 2.50 bits per heavy atom. The summed E-state index contributed by atoms with van der Waals surface area (Å²) in [7, 11) is 0. The molecule has 0 amide bonds. The van der Waals surface area contributed by atoms with Gasteiger partial charge in [-0.2, -0.15) is 0 Å². The van der Waals surface area contributed by atoms with Crippen LogP contribution in [0.3, 0.4) is 0 Å². The fourth-order valence-corrected chi connectivity index (χ4v) is 5.20. The molecule has 0 aromatic rings. The lowest BCUT2D eigenvalue weighted by molar-refractivity contribution is -0.323. The van der Waals surface area contributed by atoms with Crippen LogP contribution in [0.25, 0.3) is 0 Å². The van der Waals surface area contributed by atoms with E-state index in [-0.39, 0.29) is 0 Å². The summed E-state index contributed by atoms with van der Waals surface area (Å²) >= 11 is 0. The molecular formula is C21H36O5. The molecule has 7 unspecified atom stereocenters. The maximum atomic E-state index is 10.3. The average molecular weight is 369 g/mol. The summed E-state index contributed by atoms with van der Waals surface area (Å²) in [6.45, 7) is 10.5. The highest BCUT2D eigenvalue weighted by Crippen LogP contribution is 2.53. The van der Waals surface area contributed by atoms with E-state index in [1.54, 1.807) is 18.1 Å². The quantitative estimate of drug-likeness (QED) is 0.668. The molecule has 1 saturated heterocycles. The first-order chi connectivity index (χ1) is 12.0. The zero-order valence-electron chi connectivity index (χ0n) is 16.9. The normalized spacial score (nSPS) is 44.8. The molecule has 0 bridgehead atoms. The third kappa shape index (κ3) is 3.61. The van der Waals surface area contributed by atoms with E-state index in [0.29, 0.717) is 11.3 Å². The maximum Gasteiger partial charge on any atom is 0.187 e. The van der Waals surface area contributed by atoms with E-state index in [1.807, 2.05) is 0 Å². The van der Waals surface area contributed by atoms with Gasteiger partial charge in [-0.05, 0) is 77.6 Å². The van der Waals surface area contributed by atoms with Gasteiger partial charge in [-0.1, -0.05) is 18.1 Å². The minimum atomic E-state index is -1.25. The van der Waals surface area contributed by atoms with Crippen LogP contribution in [0.4, 0.5) is 0 Å². The van der Waals surface area contributed by atoms with E-state index in [2.05, 4.69) is 27.7 Å². The number of aliphatic hydroxyl groups excluding tert-OH is 3. The van der Waals surface area contributed by atoms with Gasteiger partial charge in [-0.25, -0.2) is 0 Å². The van der Waals surface area contributed by atoms with Crippen molar-refractivity contribution in [2.45, 2.75) is 109 Å². The van der Waals surface area contributed by atoms with Crippen molar-refractivity contribution in [3.63, 3.8) is 0 Å². The molecule has 0 radical (unpaired) electrons. The van der Waals surface area contributed by atoms with Crippen molar-refractivity contribution < 1.29 is 24.8 Å². The lowest BCUT2D eigenvalue weighted by Gasteiger charge is -2.49. The molecule has 7 atom stereocenters. The van der Waals surface area contributed by atoms with E-state index in [1.165, 1.54) is 25.7 Å². The molecule has 3 aliphatic rings. The van der Waals surface area contributed by atoms with E-state index in [4.69, 9.17) is 9.47 Å². The minimum absolute atomic E-state index is 0.338. The van der Waals surface area contributed by atoms with Crippen molar-refractivity contribution in [3.8, 4) is 0 Å². The van der Waals surface area contributed by atoms with Gasteiger partial charge in [0, 0.05) is 0 Å². The highest BCUT2D eigenvalue weighted by molar-refractivity contribution is 5.26. The molecule has 150 valence electrons. The summed E-state index contributed by atoms with van der Waals surface area (Å²) in [6.07, 6.45) is 1.95. The van der Waals surface area contributed by atoms with E-state index >= 15 is 0 Å². The van der Waals surface area contributed by atoms with Crippen LogP contribution in [0.1, 0.15) is 73.1 Å². The van der Waals surface area contributed by atoms with Crippen LogP contribution in [0.2, 0.25) is 0 Å². The zero-order chi connectivity index (χ0) is 19.3. The van der Waals surface area contributed by atoms with Crippen molar-refractivity contribution in [2.75, 3.05) is 0 Å². The van der Waals surface area contributed by atoms with Crippen molar-refractivity contribution in [3.05, 3.63) is 11.1 Å². The largest absolute Gasteiger partial charge is 0.388 e. The molecule has 2 aliphatic carbocycles. The highest BCUT2D eigenvalue weighted by Gasteiger charge is 2.48. The second kappa shape index (κ2) is 7.17. The Bertz CT molecular complexity index is 557. The Hall–Kier alpha value is -0.460. The Kier molecular flexibility index (Phi) is 5.59. The average Bonchev–Trinajstić information content (AvgIpc) is 2.57. The Balaban J connectivity index is 1.72. The van der Waals surface area contributed by atoms with Crippen LogP contribution in [-0.4, -0.2) is 51.6 Å². The van der Waals surface area contributed by atoms with Gasteiger partial charge in [0.15, 0.2) is 6.29 Å². The number of rotatable bonds is 3. The third-order valence-corrected chi connectivity index (χ3v) is 7.23. The maximum absolute atomic E-state index is 10.3. The molecule has 1 aliphatic heterocycles. The number of hydrogen-bond donors (Lipinski definition) is 3. The molecule has 1 heterocycles. The van der Waals surface area contributed by atoms with Gasteiger partial charge in [0.25, 0.3) is 0 Å². The number of hydrogen-bond acceptors (Lipinski definition) is 5. The topological polar surface area (TPSA) is 79.2 Å². The summed E-state index contributed by atoms with van der Waals surface area (Å²) < 4.78 is 11.9.